The van der Waals surface area contributed by atoms with Crippen LogP contribution in [0.3, 0.4) is 0 Å². The minimum Gasteiger partial charge on any atom is -0.352 e. The van der Waals surface area contributed by atoms with Gasteiger partial charge in [0.25, 0.3) is 0 Å². The van der Waals surface area contributed by atoms with Crippen LogP contribution in [0.4, 0.5) is 0 Å². The molecule has 0 aromatic heterocycles. The third kappa shape index (κ3) is 6.09. The summed E-state index contributed by atoms with van der Waals surface area (Å²) in [4.78, 5) is 27.9. The van der Waals surface area contributed by atoms with Crippen molar-refractivity contribution in [3.05, 3.63) is 70.2 Å². The molecule has 0 radical (unpaired) electrons. The van der Waals surface area contributed by atoms with Crippen LogP contribution in [0.2, 0.25) is 5.02 Å². The highest BCUT2D eigenvalue weighted by Crippen LogP contribution is 2.21. The molecule has 4 nitrogen and oxygen atoms in total. The Morgan fingerprint density at radius 1 is 1.07 bits per heavy atom. The number of hydrogen-bond donors (Lipinski definition) is 1. The average molecular weight is 427 g/mol. The Morgan fingerprint density at radius 2 is 1.73 bits per heavy atom. The van der Waals surface area contributed by atoms with Crippen LogP contribution in [-0.2, 0) is 22.6 Å². The van der Waals surface area contributed by atoms with E-state index in [9.17, 15) is 9.59 Å². The van der Waals surface area contributed by atoms with Gasteiger partial charge < -0.3 is 10.2 Å². The summed E-state index contributed by atoms with van der Waals surface area (Å²) in [6, 6.07) is 15.1. The Morgan fingerprint density at radius 3 is 2.40 bits per heavy atom. The van der Waals surface area contributed by atoms with Crippen molar-refractivity contribution in [2.75, 3.05) is 0 Å². The normalized spacial score (nSPS) is 15.4. The lowest BCUT2D eigenvalue weighted by Gasteiger charge is -2.31. The molecule has 1 atom stereocenters. The molecule has 1 saturated carbocycles. The van der Waals surface area contributed by atoms with E-state index < -0.39 is 6.04 Å². The molecule has 3 rings (SSSR count). The highest BCUT2D eigenvalue weighted by Gasteiger charge is 2.28. The molecule has 1 N–H and O–H groups in total. The van der Waals surface area contributed by atoms with Crippen molar-refractivity contribution < 1.29 is 9.59 Å². The fourth-order valence-electron chi connectivity index (χ4n) is 3.94. The van der Waals surface area contributed by atoms with Gasteiger partial charge in [-0.3, -0.25) is 9.59 Å². The van der Waals surface area contributed by atoms with E-state index in [-0.39, 0.29) is 24.3 Å². The molecular weight excluding hydrogens is 396 g/mol. The summed E-state index contributed by atoms with van der Waals surface area (Å²) in [5.74, 6) is -0.170. The molecule has 160 valence electrons. The van der Waals surface area contributed by atoms with Gasteiger partial charge in [0.2, 0.25) is 11.8 Å². The maximum absolute atomic E-state index is 13.3. The van der Waals surface area contributed by atoms with Crippen molar-refractivity contribution >= 4 is 23.4 Å². The lowest BCUT2D eigenvalue weighted by atomic mass is 9.95. The zero-order valence-corrected chi connectivity index (χ0v) is 18.6. The van der Waals surface area contributed by atoms with Gasteiger partial charge in [-0.15, -0.1) is 0 Å². The standard InChI is InChI=1S/C25H31ClN2O2/c1-18-12-14-20(15-13-18)16-24(29)28(17-21-8-6-7-11-23(21)26)19(2)25(30)27-22-9-4-3-5-10-22/h6-8,11-15,19,22H,3-5,9-10,16-17H2,1-2H3,(H,27,30). The van der Waals surface area contributed by atoms with Gasteiger partial charge in [0, 0.05) is 17.6 Å². The molecule has 1 aliphatic carbocycles. The van der Waals surface area contributed by atoms with E-state index in [0.29, 0.717) is 11.6 Å². The number of benzene rings is 2. The lowest BCUT2D eigenvalue weighted by Crippen LogP contribution is -2.50. The number of nitrogens with one attached hydrogen (secondary N) is 1. The van der Waals surface area contributed by atoms with Crippen molar-refractivity contribution in [1.82, 2.24) is 10.2 Å². The second-order valence-electron chi connectivity index (χ2n) is 8.29. The van der Waals surface area contributed by atoms with Gasteiger partial charge in [-0.05, 0) is 43.9 Å². The minimum absolute atomic E-state index is 0.0786. The van der Waals surface area contributed by atoms with Gasteiger partial charge in [-0.2, -0.15) is 0 Å². The van der Waals surface area contributed by atoms with Crippen LogP contribution < -0.4 is 5.32 Å². The first kappa shape index (κ1) is 22.4. The topological polar surface area (TPSA) is 49.4 Å². The summed E-state index contributed by atoms with van der Waals surface area (Å²) in [6.07, 6.45) is 5.81. The number of rotatable bonds is 7. The molecule has 1 fully saturated rings. The number of halogens is 1. The van der Waals surface area contributed by atoms with Crippen molar-refractivity contribution in [3.8, 4) is 0 Å². The predicted molar refractivity (Wildman–Crippen MR) is 121 cm³/mol. The summed E-state index contributed by atoms with van der Waals surface area (Å²) in [6.45, 7) is 4.14. The molecule has 2 amide bonds. The van der Waals surface area contributed by atoms with E-state index in [1.807, 2.05) is 62.4 Å². The molecule has 0 spiro atoms. The predicted octanol–water partition coefficient (Wildman–Crippen LogP) is 5.06. The monoisotopic (exact) mass is 426 g/mol. The number of hydrogen-bond acceptors (Lipinski definition) is 2. The van der Waals surface area contributed by atoms with Crippen molar-refractivity contribution in [2.45, 2.75) is 71.0 Å². The van der Waals surface area contributed by atoms with Crippen molar-refractivity contribution in [2.24, 2.45) is 0 Å². The summed E-state index contributed by atoms with van der Waals surface area (Å²) in [5, 5.41) is 3.76. The molecule has 1 aliphatic rings. The van der Waals surface area contributed by atoms with E-state index in [4.69, 9.17) is 11.6 Å². The Balaban J connectivity index is 1.76. The zero-order valence-electron chi connectivity index (χ0n) is 17.9. The maximum atomic E-state index is 13.3. The van der Waals surface area contributed by atoms with Crippen LogP contribution in [0.5, 0.6) is 0 Å². The fraction of sp³-hybridized carbons (Fsp3) is 0.440. The van der Waals surface area contributed by atoms with E-state index in [2.05, 4.69) is 5.32 Å². The Bertz CT molecular complexity index is 860. The molecule has 2 aromatic rings. The summed E-state index contributed by atoms with van der Waals surface area (Å²) >= 11 is 6.35. The largest absolute Gasteiger partial charge is 0.352 e. The number of carbonyl (C=O) groups excluding carboxylic acids is 2. The number of amides is 2. The molecule has 0 bridgehead atoms. The molecule has 0 aliphatic heterocycles. The highest BCUT2D eigenvalue weighted by atomic mass is 35.5. The SMILES string of the molecule is Cc1ccc(CC(=O)N(Cc2ccccc2Cl)C(C)C(=O)NC2CCCCC2)cc1. The van der Waals surface area contributed by atoms with Gasteiger partial charge in [-0.25, -0.2) is 0 Å². The summed E-state index contributed by atoms with van der Waals surface area (Å²) < 4.78 is 0. The van der Waals surface area contributed by atoms with Crippen LogP contribution >= 0.6 is 11.6 Å². The molecule has 2 aromatic carbocycles. The second-order valence-corrected chi connectivity index (χ2v) is 8.70. The number of carbonyl (C=O) groups is 2. The van der Waals surface area contributed by atoms with Gasteiger partial charge >= 0.3 is 0 Å². The van der Waals surface area contributed by atoms with E-state index in [0.717, 1.165) is 42.4 Å². The number of nitrogens with zero attached hydrogens (tertiary/aromatic N) is 1. The van der Waals surface area contributed by atoms with Crippen LogP contribution in [0.15, 0.2) is 48.5 Å². The van der Waals surface area contributed by atoms with Crippen LogP contribution in [0.1, 0.15) is 55.7 Å². The second kappa shape index (κ2) is 10.6. The van der Waals surface area contributed by atoms with Gasteiger partial charge in [-0.1, -0.05) is 78.9 Å². The Hall–Kier alpha value is -2.33. The highest BCUT2D eigenvalue weighted by molar-refractivity contribution is 6.31. The van der Waals surface area contributed by atoms with Gasteiger partial charge in [0.1, 0.15) is 6.04 Å². The van der Waals surface area contributed by atoms with Crippen LogP contribution in [0, 0.1) is 6.92 Å². The average Bonchev–Trinajstić information content (AvgIpc) is 2.75. The molecule has 30 heavy (non-hydrogen) atoms. The van der Waals surface area contributed by atoms with Crippen LogP contribution in [0.25, 0.3) is 0 Å². The minimum atomic E-state index is -0.568. The van der Waals surface area contributed by atoms with Crippen molar-refractivity contribution in [1.29, 1.82) is 0 Å². The first-order valence-corrected chi connectivity index (χ1v) is 11.2. The first-order chi connectivity index (χ1) is 14.4. The summed E-state index contributed by atoms with van der Waals surface area (Å²) in [5.41, 5.74) is 2.93. The summed E-state index contributed by atoms with van der Waals surface area (Å²) in [7, 11) is 0. The smallest absolute Gasteiger partial charge is 0.242 e. The van der Waals surface area contributed by atoms with Crippen LogP contribution in [-0.4, -0.2) is 28.8 Å². The van der Waals surface area contributed by atoms with Crippen molar-refractivity contribution in [3.63, 3.8) is 0 Å². The fourth-order valence-corrected chi connectivity index (χ4v) is 4.14. The zero-order chi connectivity index (χ0) is 21.5. The van der Waals surface area contributed by atoms with Gasteiger partial charge in [0.15, 0.2) is 0 Å². The quantitative estimate of drug-likeness (QED) is 0.672. The lowest BCUT2D eigenvalue weighted by molar-refractivity contribution is -0.140. The first-order valence-electron chi connectivity index (χ1n) is 10.8. The molecule has 1 unspecified atom stereocenters. The third-order valence-electron chi connectivity index (χ3n) is 5.89. The molecule has 0 saturated heterocycles. The molecule has 5 heteroatoms. The molecular formula is C25H31ClN2O2. The molecule has 0 heterocycles. The Labute approximate surface area is 184 Å². The van der Waals surface area contributed by atoms with E-state index in [1.165, 1.54) is 6.42 Å². The van der Waals surface area contributed by atoms with E-state index >= 15 is 0 Å². The number of aryl methyl sites for hydroxylation is 1. The van der Waals surface area contributed by atoms with Gasteiger partial charge in [0.05, 0.1) is 6.42 Å². The third-order valence-corrected chi connectivity index (χ3v) is 6.26. The Kier molecular flexibility index (Phi) is 7.92. The maximum Gasteiger partial charge on any atom is 0.242 e. The van der Waals surface area contributed by atoms with E-state index in [1.54, 1.807) is 4.90 Å².